The molecule has 116 valence electrons. The first-order valence-electron chi connectivity index (χ1n) is 7.31. The van der Waals surface area contributed by atoms with E-state index in [1.165, 1.54) is 5.56 Å². The first-order chi connectivity index (χ1) is 10.4. The zero-order chi connectivity index (χ0) is 16.0. The van der Waals surface area contributed by atoms with Crippen LogP contribution in [0, 0.1) is 0 Å². The van der Waals surface area contributed by atoms with Crippen LogP contribution in [0.15, 0.2) is 54.6 Å². The fraction of sp³-hybridized carbons (Fsp3) is 0.235. The highest BCUT2D eigenvalue weighted by Crippen LogP contribution is 2.26. The van der Waals surface area contributed by atoms with Crippen molar-refractivity contribution >= 4 is 31.3 Å². The van der Waals surface area contributed by atoms with Crippen LogP contribution in [-0.4, -0.2) is 13.4 Å². The fourth-order valence-corrected chi connectivity index (χ4v) is 2.95. The van der Waals surface area contributed by atoms with Gasteiger partial charge in [0.15, 0.2) is 5.11 Å². The Bertz CT molecular complexity index is 626. The third-order valence-corrected chi connectivity index (χ3v) is 3.93. The van der Waals surface area contributed by atoms with Crippen molar-refractivity contribution < 1.29 is 4.43 Å². The fourth-order valence-electron chi connectivity index (χ4n) is 1.93. The summed E-state index contributed by atoms with van der Waals surface area (Å²) in [6, 6.07) is 18.1. The quantitative estimate of drug-likeness (QED) is 0.629. The lowest BCUT2D eigenvalue weighted by atomic mass is 10.2. The van der Waals surface area contributed by atoms with E-state index in [1.807, 2.05) is 42.5 Å². The summed E-state index contributed by atoms with van der Waals surface area (Å²) in [5.74, 6) is 0.852. The molecule has 0 atom stereocenters. The Morgan fingerprint density at radius 3 is 2.32 bits per heavy atom. The zero-order valence-electron chi connectivity index (χ0n) is 13.2. The number of benzene rings is 2. The third kappa shape index (κ3) is 5.50. The number of anilines is 1. The van der Waals surface area contributed by atoms with Crippen molar-refractivity contribution in [3.8, 4) is 5.75 Å². The number of hydrogen-bond donors (Lipinski definition) is 2. The maximum atomic E-state index is 6.09. The lowest BCUT2D eigenvalue weighted by molar-refractivity contribution is 0.560. The lowest BCUT2D eigenvalue weighted by Gasteiger charge is -2.22. The normalized spacial score (nSPS) is 10.9. The van der Waals surface area contributed by atoms with Gasteiger partial charge in [-0.2, -0.15) is 0 Å². The maximum Gasteiger partial charge on any atom is 0.242 e. The Morgan fingerprint density at radius 2 is 1.64 bits per heavy atom. The van der Waals surface area contributed by atoms with E-state index in [1.54, 1.807) is 0 Å². The molecule has 0 bridgehead atoms. The molecule has 2 rings (SSSR count). The molecule has 0 spiro atoms. The van der Waals surface area contributed by atoms with E-state index in [2.05, 4.69) is 42.4 Å². The van der Waals surface area contributed by atoms with Gasteiger partial charge < -0.3 is 15.1 Å². The molecule has 5 heteroatoms. The largest absolute Gasteiger partial charge is 0.543 e. The van der Waals surface area contributed by atoms with Gasteiger partial charge in [-0.25, -0.2) is 0 Å². The summed E-state index contributed by atoms with van der Waals surface area (Å²) in [6.45, 7) is 7.19. The molecule has 0 aliphatic rings. The molecule has 0 saturated heterocycles. The standard InChI is InChI=1S/C17H22N2OSSi/c1-22(2,3)20-16-12-8-7-11-15(16)19-17(21)18-13-14-9-5-4-6-10-14/h4-12H,13H2,1-3H3,(H2,18,19,21). The van der Waals surface area contributed by atoms with E-state index in [0.717, 1.165) is 11.4 Å². The lowest BCUT2D eigenvalue weighted by Crippen LogP contribution is -2.31. The van der Waals surface area contributed by atoms with E-state index in [4.69, 9.17) is 16.6 Å². The van der Waals surface area contributed by atoms with Crippen LogP contribution in [0.1, 0.15) is 5.56 Å². The smallest absolute Gasteiger partial charge is 0.242 e. The average Bonchev–Trinajstić information content (AvgIpc) is 2.47. The number of hydrogen-bond acceptors (Lipinski definition) is 2. The summed E-state index contributed by atoms with van der Waals surface area (Å²) < 4.78 is 6.09. The molecule has 0 saturated carbocycles. The second-order valence-electron chi connectivity index (χ2n) is 6.00. The Morgan fingerprint density at radius 1 is 1.00 bits per heavy atom. The van der Waals surface area contributed by atoms with Gasteiger partial charge in [0.25, 0.3) is 0 Å². The van der Waals surface area contributed by atoms with Crippen molar-refractivity contribution in [2.45, 2.75) is 26.2 Å². The monoisotopic (exact) mass is 330 g/mol. The highest BCUT2D eigenvalue weighted by Gasteiger charge is 2.18. The molecule has 2 aromatic rings. The molecule has 0 aliphatic heterocycles. The van der Waals surface area contributed by atoms with Gasteiger partial charge in [-0.05, 0) is 49.6 Å². The zero-order valence-corrected chi connectivity index (χ0v) is 15.0. The molecule has 0 aliphatic carbocycles. The van der Waals surface area contributed by atoms with Crippen LogP contribution in [0.4, 0.5) is 5.69 Å². The molecule has 3 nitrogen and oxygen atoms in total. The highest BCUT2D eigenvalue weighted by atomic mass is 32.1. The van der Waals surface area contributed by atoms with E-state index in [0.29, 0.717) is 11.7 Å². The van der Waals surface area contributed by atoms with Crippen LogP contribution in [0.3, 0.4) is 0 Å². The maximum absolute atomic E-state index is 6.09. The summed E-state index contributed by atoms with van der Waals surface area (Å²) in [4.78, 5) is 0. The van der Waals surface area contributed by atoms with Gasteiger partial charge in [-0.1, -0.05) is 42.5 Å². The predicted molar refractivity (Wildman–Crippen MR) is 99.9 cm³/mol. The third-order valence-electron chi connectivity index (χ3n) is 2.85. The molecule has 2 N–H and O–H groups in total. The van der Waals surface area contributed by atoms with Gasteiger partial charge >= 0.3 is 0 Å². The molecular formula is C17H22N2OSSi. The first kappa shape index (κ1) is 16.5. The van der Waals surface area contributed by atoms with Gasteiger partial charge in [-0.3, -0.25) is 0 Å². The van der Waals surface area contributed by atoms with Crippen molar-refractivity contribution in [1.82, 2.24) is 5.32 Å². The van der Waals surface area contributed by atoms with Crippen LogP contribution >= 0.6 is 12.2 Å². The van der Waals surface area contributed by atoms with Gasteiger partial charge in [0.1, 0.15) is 5.75 Å². The summed E-state index contributed by atoms with van der Waals surface area (Å²) in [7, 11) is -1.66. The first-order valence-corrected chi connectivity index (χ1v) is 11.1. The van der Waals surface area contributed by atoms with Gasteiger partial charge in [0.2, 0.25) is 8.32 Å². The van der Waals surface area contributed by atoms with E-state index < -0.39 is 8.32 Å². The Kier molecular flexibility index (Phi) is 5.57. The Labute approximate surface area is 138 Å². The van der Waals surface area contributed by atoms with Crippen molar-refractivity contribution in [3.05, 3.63) is 60.2 Å². The minimum Gasteiger partial charge on any atom is -0.543 e. The number of thiocarbonyl (C=S) groups is 1. The topological polar surface area (TPSA) is 33.3 Å². The van der Waals surface area contributed by atoms with Crippen LogP contribution in [0.25, 0.3) is 0 Å². The van der Waals surface area contributed by atoms with Crippen LogP contribution in [0.2, 0.25) is 19.6 Å². The second kappa shape index (κ2) is 7.42. The molecule has 0 amide bonds. The second-order valence-corrected chi connectivity index (χ2v) is 10.8. The molecule has 0 heterocycles. The number of rotatable bonds is 5. The van der Waals surface area contributed by atoms with Crippen molar-refractivity contribution in [3.63, 3.8) is 0 Å². The van der Waals surface area contributed by atoms with Gasteiger partial charge in [0.05, 0.1) is 5.69 Å². The van der Waals surface area contributed by atoms with Crippen LogP contribution < -0.4 is 15.1 Å². The van der Waals surface area contributed by atoms with Crippen molar-refractivity contribution in [1.29, 1.82) is 0 Å². The SMILES string of the molecule is C[Si](C)(C)Oc1ccccc1NC(=S)NCc1ccccc1. The Hall–Kier alpha value is -1.85. The van der Waals surface area contributed by atoms with E-state index in [-0.39, 0.29) is 0 Å². The molecule has 2 aromatic carbocycles. The van der Waals surface area contributed by atoms with Gasteiger partial charge in [-0.15, -0.1) is 0 Å². The molecule has 0 radical (unpaired) electrons. The highest BCUT2D eigenvalue weighted by molar-refractivity contribution is 7.80. The summed E-state index contributed by atoms with van der Waals surface area (Å²) in [5, 5.41) is 7.03. The molecule has 0 fully saturated rings. The van der Waals surface area contributed by atoms with Crippen LogP contribution in [-0.2, 0) is 6.54 Å². The van der Waals surface area contributed by atoms with E-state index >= 15 is 0 Å². The van der Waals surface area contributed by atoms with E-state index in [9.17, 15) is 0 Å². The van der Waals surface area contributed by atoms with Gasteiger partial charge in [0, 0.05) is 6.54 Å². The van der Waals surface area contributed by atoms with Crippen LogP contribution in [0.5, 0.6) is 5.75 Å². The van der Waals surface area contributed by atoms with Crippen molar-refractivity contribution in [2.24, 2.45) is 0 Å². The summed E-state index contributed by atoms with van der Waals surface area (Å²) in [5.41, 5.74) is 2.09. The predicted octanol–water partition coefficient (Wildman–Crippen LogP) is 4.39. The molecule has 0 aromatic heterocycles. The molecular weight excluding hydrogens is 308 g/mol. The Balaban J connectivity index is 1.97. The molecule has 0 unspecified atom stereocenters. The molecule has 22 heavy (non-hydrogen) atoms. The van der Waals surface area contributed by atoms with Crippen molar-refractivity contribution in [2.75, 3.05) is 5.32 Å². The summed E-state index contributed by atoms with van der Waals surface area (Å²) in [6.07, 6.45) is 0. The minimum absolute atomic E-state index is 0.593. The minimum atomic E-state index is -1.66. The number of nitrogens with one attached hydrogen (secondary N) is 2. The number of para-hydroxylation sites is 2. The summed E-state index contributed by atoms with van der Waals surface area (Å²) >= 11 is 5.37. The average molecular weight is 331 g/mol.